The van der Waals surface area contributed by atoms with Gasteiger partial charge in [0.25, 0.3) is 0 Å². The molecule has 0 amide bonds. The molecule has 0 aliphatic carbocycles. The van der Waals surface area contributed by atoms with Crippen LogP contribution in [0.4, 0.5) is 0 Å². The molecular formula is C18H18ClN3O3S. The van der Waals surface area contributed by atoms with Gasteiger partial charge in [-0.05, 0) is 43.2 Å². The Morgan fingerprint density at radius 1 is 1.08 bits per heavy atom. The number of hydrogen-bond acceptors (Lipinski definition) is 5. The SMILES string of the molecule is Cc1ccc(S(=O)(=O)NCCc2nnc(-c3ccccc3C)o2)cc1Cl. The molecule has 0 aliphatic rings. The fourth-order valence-electron chi connectivity index (χ4n) is 2.39. The van der Waals surface area contributed by atoms with Gasteiger partial charge in [-0.15, -0.1) is 10.2 Å². The van der Waals surface area contributed by atoms with Crippen molar-refractivity contribution in [3.05, 3.63) is 64.5 Å². The van der Waals surface area contributed by atoms with E-state index < -0.39 is 10.0 Å². The summed E-state index contributed by atoms with van der Waals surface area (Å²) in [5.41, 5.74) is 2.71. The zero-order valence-electron chi connectivity index (χ0n) is 14.4. The molecule has 3 rings (SSSR count). The summed E-state index contributed by atoms with van der Waals surface area (Å²) >= 11 is 6.00. The van der Waals surface area contributed by atoms with Crippen LogP contribution in [0.15, 0.2) is 51.8 Å². The smallest absolute Gasteiger partial charge is 0.247 e. The molecule has 0 bridgehead atoms. The Hall–Kier alpha value is -2.22. The predicted octanol–water partition coefficient (Wildman–Crippen LogP) is 3.53. The lowest BCUT2D eigenvalue weighted by Gasteiger charge is -2.07. The minimum atomic E-state index is -3.65. The lowest BCUT2D eigenvalue weighted by atomic mass is 10.1. The fourth-order valence-corrected chi connectivity index (χ4v) is 3.70. The topological polar surface area (TPSA) is 85.1 Å². The predicted molar refractivity (Wildman–Crippen MR) is 99.6 cm³/mol. The monoisotopic (exact) mass is 391 g/mol. The Morgan fingerprint density at radius 2 is 1.85 bits per heavy atom. The van der Waals surface area contributed by atoms with Crippen LogP contribution in [0, 0.1) is 13.8 Å². The molecule has 1 N–H and O–H groups in total. The summed E-state index contributed by atoms with van der Waals surface area (Å²) < 4.78 is 32.8. The highest BCUT2D eigenvalue weighted by molar-refractivity contribution is 7.89. The molecule has 0 fully saturated rings. The van der Waals surface area contributed by atoms with E-state index in [1.54, 1.807) is 6.07 Å². The van der Waals surface area contributed by atoms with E-state index in [0.717, 1.165) is 16.7 Å². The first-order chi connectivity index (χ1) is 12.4. The Bertz CT molecular complexity index is 1030. The molecule has 0 saturated heterocycles. The van der Waals surface area contributed by atoms with Crippen molar-refractivity contribution in [3.63, 3.8) is 0 Å². The van der Waals surface area contributed by atoms with E-state index in [0.29, 0.717) is 16.8 Å². The van der Waals surface area contributed by atoms with Gasteiger partial charge in [0.15, 0.2) is 0 Å². The van der Waals surface area contributed by atoms with Crippen molar-refractivity contribution >= 4 is 21.6 Å². The second-order valence-corrected chi connectivity index (χ2v) is 8.05. The lowest BCUT2D eigenvalue weighted by Crippen LogP contribution is -2.26. The molecule has 1 heterocycles. The number of halogens is 1. The van der Waals surface area contributed by atoms with Crippen LogP contribution in [0.5, 0.6) is 0 Å². The van der Waals surface area contributed by atoms with Crippen LogP contribution in [0.2, 0.25) is 5.02 Å². The van der Waals surface area contributed by atoms with Crippen LogP contribution in [0.3, 0.4) is 0 Å². The van der Waals surface area contributed by atoms with Crippen LogP contribution in [-0.2, 0) is 16.4 Å². The van der Waals surface area contributed by atoms with Gasteiger partial charge in [0.05, 0.1) is 4.90 Å². The average Bonchev–Trinajstić information content (AvgIpc) is 3.06. The minimum absolute atomic E-state index is 0.124. The first-order valence-electron chi connectivity index (χ1n) is 8.01. The summed E-state index contributed by atoms with van der Waals surface area (Å²) in [6.45, 7) is 3.91. The third-order valence-corrected chi connectivity index (χ3v) is 5.79. The van der Waals surface area contributed by atoms with Gasteiger partial charge < -0.3 is 4.42 Å². The maximum absolute atomic E-state index is 12.3. The molecule has 6 nitrogen and oxygen atoms in total. The summed E-state index contributed by atoms with van der Waals surface area (Å²) in [5, 5.41) is 8.42. The Labute approximate surface area is 157 Å². The zero-order chi connectivity index (χ0) is 18.7. The Balaban J connectivity index is 1.65. The quantitative estimate of drug-likeness (QED) is 0.694. The third kappa shape index (κ3) is 4.12. The van der Waals surface area contributed by atoms with Gasteiger partial charge >= 0.3 is 0 Å². The summed E-state index contributed by atoms with van der Waals surface area (Å²) in [7, 11) is -3.65. The Kier molecular flexibility index (Phi) is 5.41. The van der Waals surface area contributed by atoms with Crippen LogP contribution < -0.4 is 4.72 Å². The molecule has 136 valence electrons. The average molecular weight is 392 g/mol. The highest BCUT2D eigenvalue weighted by Crippen LogP contribution is 2.22. The van der Waals surface area contributed by atoms with Crippen molar-refractivity contribution in [3.8, 4) is 11.5 Å². The molecule has 0 atom stereocenters. The van der Waals surface area contributed by atoms with Gasteiger partial charge in [-0.25, -0.2) is 13.1 Å². The molecule has 3 aromatic rings. The number of aromatic nitrogens is 2. The van der Waals surface area contributed by atoms with E-state index in [1.165, 1.54) is 12.1 Å². The second kappa shape index (κ2) is 7.57. The minimum Gasteiger partial charge on any atom is -0.421 e. The van der Waals surface area contributed by atoms with Gasteiger partial charge in [0.2, 0.25) is 21.8 Å². The normalized spacial score (nSPS) is 11.7. The number of hydrogen-bond donors (Lipinski definition) is 1. The molecular weight excluding hydrogens is 374 g/mol. The van der Waals surface area contributed by atoms with Gasteiger partial charge in [-0.1, -0.05) is 35.9 Å². The van der Waals surface area contributed by atoms with Crippen molar-refractivity contribution in [1.82, 2.24) is 14.9 Å². The number of benzene rings is 2. The highest BCUT2D eigenvalue weighted by Gasteiger charge is 2.16. The van der Waals surface area contributed by atoms with Crippen molar-refractivity contribution in [2.24, 2.45) is 0 Å². The van der Waals surface area contributed by atoms with Gasteiger partial charge in [-0.2, -0.15) is 0 Å². The van der Waals surface area contributed by atoms with E-state index in [2.05, 4.69) is 14.9 Å². The number of rotatable bonds is 6. The first-order valence-corrected chi connectivity index (χ1v) is 9.87. The fraction of sp³-hybridized carbons (Fsp3) is 0.222. The molecule has 0 spiro atoms. The maximum atomic E-state index is 12.3. The number of aryl methyl sites for hydroxylation is 2. The van der Waals surface area contributed by atoms with Gasteiger partial charge in [0, 0.05) is 23.6 Å². The lowest BCUT2D eigenvalue weighted by molar-refractivity contribution is 0.501. The van der Waals surface area contributed by atoms with Crippen molar-refractivity contribution in [2.45, 2.75) is 25.2 Å². The molecule has 1 aromatic heterocycles. The molecule has 8 heteroatoms. The number of sulfonamides is 1. The van der Waals surface area contributed by atoms with Crippen LogP contribution in [0.25, 0.3) is 11.5 Å². The van der Waals surface area contributed by atoms with Crippen molar-refractivity contribution in [2.75, 3.05) is 6.54 Å². The second-order valence-electron chi connectivity index (χ2n) is 5.87. The van der Waals surface area contributed by atoms with E-state index in [4.69, 9.17) is 16.0 Å². The summed E-state index contributed by atoms with van der Waals surface area (Å²) in [5.74, 6) is 0.791. The Morgan fingerprint density at radius 3 is 2.58 bits per heavy atom. The summed E-state index contributed by atoms with van der Waals surface area (Å²) in [6, 6.07) is 12.3. The highest BCUT2D eigenvalue weighted by atomic mass is 35.5. The number of nitrogens with zero attached hydrogens (tertiary/aromatic N) is 2. The van der Waals surface area contributed by atoms with E-state index in [-0.39, 0.29) is 17.9 Å². The van der Waals surface area contributed by atoms with Crippen molar-refractivity contribution < 1.29 is 12.8 Å². The van der Waals surface area contributed by atoms with E-state index >= 15 is 0 Å². The summed E-state index contributed by atoms with van der Waals surface area (Å²) in [6.07, 6.45) is 0.289. The zero-order valence-corrected chi connectivity index (χ0v) is 15.9. The third-order valence-electron chi connectivity index (χ3n) is 3.93. The maximum Gasteiger partial charge on any atom is 0.247 e. The largest absolute Gasteiger partial charge is 0.421 e. The van der Waals surface area contributed by atoms with Gasteiger partial charge in [0.1, 0.15) is 0 Å². The van der Waals surface area contributed by atoms with Gasteiger partial charge in [-0.3, -0.25) is 0 Å². The standard InChI is InChI=1S/C18H18ClN3O3S/c1-12-5-3-4-6-15(12)18-22-21-17(25-18)9-10-20-26(23,24)14-8-7-13(2)16(19)11-14/h3-8,11,20H,9-10H2,1-2H3. The van der Waals surface area contributed by atoms with E-state index in [1.807, 2.05) is 38.1 Å². The van der Waals surface area contributed by atoms with E-state index in [9.17, 15) is 8.42 Å². The molecule has 0 radical (unpaired) electrons. The molecule has 0 aliphatic heterocycles. The summed E-state index contributed by atoms with van der Waals surface area (Å²) in [4.78, 5) is 0.124. The van der Waals surface area contributed by atoms with Crippen molar-refractivity contribution in [1.29, 1.82) is 0 Å². The molecule has 2 aromatic carbocycles. The van der Waals surface area contributed by atoms with Crippen LogP contribution >= 0.6 is 11.6 Å². The van der Waals surface area contributed by atoms with Crippen LogP contribution in [-0.4, -0.2) is 25.2 Å². The van der Waals surface area contributed by atoms with Crippen LogP contribution in [0.1, 0.15) is 17.0 Å². The molecule has 0 unspecified atom stereocenters. The molecule has 26 heavy (non-hydrogen) atoms. The number of nitrogens with one attached hydrogen (secondary N) is 1. The molecule has 0 saturated carbocycles. The first kappa shape index (κ1) is 18.6.